The zero-order valence-corrected chi connectivity index (χ0v) is 14.1. The molecule has 3 rings (SSSR count). The van der Waals surface area contributed by atoms with Crippen molar-refractivity contribution in [2.45, 2.75) is 29.7 Å². The Bertz CT molecular complexity index is 684. The summed E-state index contributed by atoms with van der Waals surface area (Å²) >= 11 is 1.49. The van der Waals surface area contributed by atoms with Gasteiger partial charge in [-0.3, -0.25) is 4.79 Å². The van der Waals surface area contributed by atoms with E-state index in [2.05, 4.69) is 15.5 Å². The molecule has 1 amide bonds. The molecule has 0 aliphatic carbocycles. The summed E-state index contributed by atoms with van der Waals surface area (Å²) in [6.07, 6.45) is 2.97. The first kappa shape index (κ1) is 15.9. The van der Waals surface area contributed by atoms with Gasteiger partial charge in [0, 0.05) is 19.2 Å². The number of hydrogen-bond donors (Lipinski definition) is 1. The van der Waals surface area contributed by atoms with Crippen LogP contribution in [0.25, 0.3) is 11.4 Å². The lowest BCUT2D eigenvalue weighted by molar-refractivity contribution is -0.120. The maximum Gasteiger partial charge on any atom is 0.233 e. The van der Waals surface area contributed by atoms with Crippen molar-refractivity contribution < 1.29 is 9.53 Å². The summed E-state index contributed by atoms with van der Waals surface area (Å²) in [5, 5.41) is 12.2. The molecule has 1 N–H and O–H groups in total. The molecule has 1 saturated heterocycles. The first-order valence-electron chi connectivity index (χ1n) is 7.67. The van der Waals surface area contributed by atoms with Crippen LogP contribution in [0, 0.1) is 0 Å². The Labute approximate surface area is 139 Å². The van der Waals surface area contributed by atoms with Gasteiger partial charge in [-0.05, 0) is 37.1 Å². The van der Waals surface area contributed by atoms with Gasteiger partial charge in [-0.2, -0.15) is 0 Å². The third-order valence-electron chi connectivity index (χ3n) is 3.92. The molecule has 1 aliphatic heterocycles. The smallest absolute Gasteiger partial charge is 0.233 e. The van der Waals surface area contributed by atoms with E-state index in [0.29, 0.717) is 0 Å². The monoisotopic (exact) mass is 332 g/mol. The fraction of sp³-hybridized carbons (Fsp3) is 0.438. The van der Waals surface area contributed by atoms with Crippen LogP contribution in [0.2, 0.25) is 0 Å². The standard InChI is InChI=1S/C16H20N4O2S/c1-20-14(11-6-8-12(22-2)9-7-11)18-19-16(20)23-13-5-3-4-10-17-15(13)21/h6-9,13H,3-5,10H2,1-2H3,(H,17,21). The largest absolute Gasteiger partial charge is 0.497 e. The van der Waals surface area contributed by atoms with Crippen molar-refractivity contribution in [3.8, 4) is 17.1 Å². The average Bonchev–Trinajstić information content (AvgIpc) is 2.80. The summed E-state index contributed by atoms with van der Waals surface area (Å²) in [6, 6.07) is 7.70. The maximum atomic E-state index is 12.1. The zero-order chi connectivity index (χ0) is 16.2. The van der Waals surface area contributed by atoms with Crippen LogP contribution in [0.1, 0.15) is 19.3 Å². The number of amides is 1. The van der Waals surface area contributed by atoms with Gasteiger partial charge in [0.2, 0.25) is 5.91 Å². The summed E-state index contributed by atoms with van der Waals surface area (Å²) in [4.78, 5) is 12.1. The Kier molecular flexibility index (Phi) is 4.85. The molecule has 23 heavy (non-hydrogen) atoms. The van der Waals surface area contributed by atoms with Crippen molar-refractivity contribution in [3.63, 3.8) is 0 Å². The molecule has 0 spiro atoms. The van der Waals surface area contributed by atoms with Crippen LogP contribution in [-0.4, -0.2) is 39.6 Å². The molecule has 0 radical (unpaired) electrons. The molecule has 1 fully saturated rings. The Morgan fingerprint density at radius 1 is 1.26 bits per heavy atom. The van der Waals surface area contributed by atoms with Gasteiger partial charge >= 0.3 is 0 Å². The van der Waals surface area contributed by atoms with Gasteiger partial charge in [0.05, 0.1) is 12.4 Å². The molecule has 122 valence electrons. The molecular weight excluding hydrogens is 312 g/mol. The Morgan fingerprint density at radius 3 is 2.78 bits per heavy atom. The number of carbonyl (C=O) groups is 1. The van der Waals surface area contributed by atoms with Crippen molar-refractivity contribution in [2.24, 2.45) is 7.05 Å². The van der Waals surface area contributed by atoms with E-state index in [9.17, 15) is 4.79 Å². The van der Waals surface area contributed by atoms with E-state index in [1.165, 1.54) is 11.8 Å². The summed E-state index contributed by atoms with van der Waals surface area (Å²) in [7, 11) is 3.57. The fourth-order valence-electron chi connectivity index (χ4n) is 2.56. The number of nitrogens with one attached hydrogen (secondary N) is 1. The minimum atomic E-state index is -0.0934. The number of hydrogen-bond acceptors (Lipinski definition) is 5. The maximum absolute atomic E-state index is 12.1. The topological polar surface area (TPSA) is 69.0 Å². The predicted molar refractivity (Wildman–Crippen MR) is 89.5 cm³/mol. The van der Waals surface area contributed by atoms with Gasteiger partial charge in [0.25, 0.3) is 0 Å². The lowest BCUT2D eigenvalue weighted by Gasteiger charge is -2.12. The summed E-state index contributed by atoms with van der Waals surface area (Å²) in [6.45, 7) is 0.770. The number of benzene rings is 1. The lowest BCUT2D eigenvalue weighted by Crippen LogP contribution is -2.30. The Hall–Kier alpha value is -2.02. The van der Waals surface area contributed by atoms with Crippen molar-refractivity contribution >= 4 is 17.7 Å². The molecule has 1 atom stereocenters. The Morgan fingerprint density at radius 2 is 2.04 bits per heavy atom. The van der Waals surface area contributed by atoms with E-state index in [0.717, 1.165) is 48.1 Å². The zero-order valence-electron chi connectivity index (χ0n) is 13.3. The van der Waals surface area contributed by atoms with Crippen LogP contribution in [0.3, 0.4) is 0 Å². The highest BCUT2D eigenvalue weighted by Crippen LogP contribution is 2.29. The highest BCUT2D eigenvalue weighted by atomic mass is 32.2. The molecule has 1 unspecified atom stereocenters. The second-order valence-corrected chi connectivity index (χ2v) is 6.66. The number of aromatic nitrogens is 3. The number of carbonyl (C=O) groups excluding carboxylic acids is 1. The van der Waals surface area contributed by atoms with Crippen LogP contribution >= 0.6 is 11.8 Å². The van der Waals surface area contributed by atoms with E-state index >= 15 is 0 Å². The molecule has 1 aliphatic rings. The molecule has 1 aromatic carbocycles. The van der Waals surface area contributed by atoms with Gasteiger partial charge in [-0.25, -0.2) is 0 Å². The number of nitrogens with zero attached hydrogens (tertiary/aromatic N) is 3. The summed E-state index contributed by atoms with van der Waals surface area (Å²) in [5.41, 5.74) is 0.970. The van der Waals surface area contributed by atoms with E-state index < -0.39 is 0 Å². The molecule has 0 saturated carbocycles. The molecule has 7 heteroatoms. The van der Waals surface area contributed by atoms with Crippen LogP contribution < -0.4 is 10.1 Å². The normalized spacial score (nSPS) is 18.3. The molecular formula is C16H20N4O2S. The minimum absolute atomic E-state index is 0.0934. The van der Waals surface area contributed by atoms with E-state index in [-0.39, 0.29) is 11.2 Å². The first-order chi connectivity index (χ1) is 11.2. The third-order valence-corrected chi connectivity index (χ3v) is 5.22. The molecule has 2 heterocycles. The third kappa shape index (κ3) is 3.50. The van der Waals surface area contributed by atoms with Gasteiger partial charge in [-0.15, -0.1) is 10.2 Å². The molecule has 0 bridgehead atoms. The fourth-order valence-corrected chi connectivity index (χ4v) is 3.62. The van der Waals surface area contributed by atoms with E-state index in [1.54, 1.807) is 7.11 Å². The van der Waals surface area contributed by atoms with Crippen molar-refractivity contribution in [1.29, 1.82) is 0 Å². The van der Waals surface area contributed by atoms with Crippen LogP contribution in [0.4, 0.5) is 0 Å². The predicted octanol–water partition coefficient (Wildman–Crippen LogP) is 2.25. The number of rotatable bonds is 4. The van der Waals surface area contributed by atoms with E-state index in [4.69, 9.17) is 4.74 Å². The highest BCUT2D eigenvalue weighted by Gasteiger charge is 2.24. The highest BCUT2D eigenvalue weighted by molar-refractivity contribution is 8.00. The quantitative estimate of drug-likeness (QED) is 0.930. The number of thioether (sulfide) groups is 1. The van der Waals surface area contributed by atoms with Crippen molar-refractivity contribution in [1.82, 2.24) is 20.1 Å². The SMILES string of the molecule is COc1ccc(-c2nnc(SC3CCCCNC3=O)n2C)cc1. The van der Waals surface area contributed by atoms with Crippen molar-refractivity contribution in [2.75, 3.05) is 13.7 Å². The van der Waals surface area contributed by atoms with Crippen LogP contribution in [0.5, 0.6) is 5.75 Å². The molecule has 2 aromatic rings. The number of methoxy groups -OCH3 is 1. The lowest BCUT2D eigenvalue weighted by atomic mass is 10.2. The van der Waals surface area contributed by atoms with Crippen molar-refractivity contribution in [3.05, 3.63) is 24.3 Å². The average molecular weight is 332 g/mol. The van der Waals surface area contributed by atoms with Gasteiger partial charge < -0.3 is 14.6 Å². The van der Waals surface area contributed by atoms with Crippen LogP contribution in [-0.2, 0) is 11.8 Å². The van der Waals surface area contributed by atoms with Crippen LogP contribution in [0.15, 0.2) is 29.4 Å². The second-order valence-electron chi connectivity index (χ2n) is 5.49. The molecule has 1 aromatic heterocycles. The summed E-state index contributed by atoms with van der Waals surface area (Å²) in [5.74, 6) is 1.69. The second kappa shape index (κ2) is 7.04. The van der Waals surface area contributed by atoms with Gasteiger partial charge in [0.1, 0.15) is 5.75 Å². The summed E-state index contributed by atoms with van der Waals surface area (Å²) < 4.78 is 7.11. The van der Waals surface area contributed by atoms with E-state index in [1.807, 2.05) is 35.9 Å². The Balaban J connectivity index is 1.79. The van der Waals surface area contributed by atoms with Gasteiger partial charge in [-0.1, -0.05) is 18.2 Å². The van der Waals surface area contributed by atoms with Gasteiger partial charge in [0.15, 0.2) is 11.0 Å². The first-order valence-corrected chi connectivity index (χ1v) is 8.55. The minimum Gasteiger partial charge on any atom is -0.497 e. The molecule has 6 nitrogen and oxygen atoms in total. The number of ether oxygens (including phenoxy) is 1.